The Balaban J connectivity index is 1.78. The van der Waals surface area contributed by atoms with Gasteiger partial charge in [0.15, 0.2) is 0 Å². The van der Waals surface area contributed by atoms with Crippen molar-refractivity contribution in [2.45, 2.75) is 32.6 Å². The Morgan fingerprint density at radius 3 is 2.50 bits per heavy atom. The second-order valence-electron chi connectivity index (χ2n) is 6.08. The molecule has 1 saturated carbocycles. The van der Waals surface area contributed by atoms with Gasteiger partial charge in [0.2, 0.25) is 0 Å². The molecule has 98 valence electrons. The van der Waals surface area contributed by atoms with E-state index < -0.39 is 0 Å². The third-order valence-corrected chi connectivity index (χ3v) is 5.12. The van der Waals surface area contributed by atoms with Gasteiger partial charge in [-0.3, -0.25) is 0 Å². The van der Waals surface area contributed by atoms with Gasteiger partial charge in [-0.1, -0.05) is 35.7 Å². The fraction of sp³-hybridized carbons (Fsp3) is 0.600. The molecule has 3 heteroatoms. The van der Waals surface area contributed by atoms with Gasteiger partial charge in [0.25, 0.3) is 0 Å². The van der Waals surface area contributed by atoms with Gasteiger partial charge in [0.05, 0.1) is 11.4 Å². The molecule has 0 atom stereocenters. The molecule has 0 unspecified atom stereocenters. The molecule has 0 radical (unpaired) electrons. The van der Waals surface area contributed by atoms with E-state index in [1.54, 1.807) is 0 Å². The Labute approximate surface area is 118 Å². The molecule has 1 aromatic carbocycles. The van der Waals surface area contributed by atoms with Gasteiger partial charge in [-0.05, 0) is 37.0 Å². The molecule has 0 aromatic heterocycles. The highest BCUT2D eigenvalue weighted by atomic mass is 79.9. The number of rotatable bonds is 0. The van der Waals surface area contributed by atoms with E-state index in [4.69, 9.17) is 0 Å². The number of hydrogen-bond acceptors (Lipinski definition) is 2. The van der Waals surface area contributed by atoms with Crippen LogP contribution in [0.5, 0.6) is 0 Å². The van der Waals surface area contributed by atoms with Gasteiger partial charge in [-0.2, -0.15) is 0 Å². The quantitative estimate of drug-likeness (QED) is 0.738. The largest absolute Gasteiger partial charge is 0.383 e. The van der Waals surface area contributed by atoms with Crippen molar-refractivity contribution in [2.24, 2.45) is 11.3 Å². The molecule has 0 bridgehead atoms. The van der Waals surface area contributed by atoms with E-state index in [-0.39, 0.29) is 0 Å². The van der Waals surface area contributed by atoms with Gasteiger partial charge < -0.3 is 10.6 Å². The molecule has 1 heterocycles. The fourth-order valence-corrected chi connectivity index (χ4v) is 3.53. The van der Waals surface area contributed by atoms with Crippen molar-refractivity contribution in [2.75, 3.05) is 23.7 Å². The normalized spacial score (nSPS) is 31.1. The molecule has 1 spiro atoms. The summed E-state index contributed by atoms with van der Waals surface area (Å²) in [5.74, 6) is 0.912. The summed E-state index contributed by atoms with van der Waals surface area (Å²) in [6.07, 6.45) is 5.46. The van der Waals surface area contributed by atoms with E-state index >= 15 is 0 Å². The first kappa shape index (κ1) is 12.3. The van der Waals surface area contributed by atoms with Gasteiger partial charge >= 0.3 is 0 Å². The van der Waals surface area contributed by atoms with Crippen LogP contribution in [0.25, 0.3) is 0 Å². The standard InChI is InChI=1S/C15H21BrN2/c1-11-4-6-15(7-5-11)9-17-13-3-2-12(16)8-14(13)18-10-15/h2-3,8,11,17-18H,4-7,9-10H2,1H3. The van der Waals surface area contributed by atoms with Crippen LogP contribution in [0.1, 0.15) is 32.6 Å². The maximum atomic E-state index is 3.65. The number of fused-ring (bicyclic) bond motifs is 1. The lowest BCUT2D eigenvalue weighted by molar-refractivity contribution is 0.185. The molecule has 2 N–H and O–H groups in total. The first-order chi connectivity index (χ1) is 8.67. The highest BCUT2D eigenvalue weighted by molar-refractivity contribution is 9.10. The lowest BCUT2D eigenvalue weighted by Crippen LogP contribution is -2.38. The Morgan fingerprint density at radius 2 is 1.78 bits per heavy atom. The Bertz CT molecular complexity index is 436. The number of benzene rings is 1. The van der Waals surface area contributed by atoms with Crippen molar-refractivity contribution in [3.05, 3.63) is 22.7 Å². The predicted molar refractivity (Wildman–Crippen MR) is 81.2 cm³/mol. The molecule has 2 nitrogen and oxygen atoms in total. The van der Waals surface area contributed by atoms with Crippen LogP contribution in [-0.2, 0) is 0 Å². The zero-order valence-corrected chi connectivity index (χ0v) is 12.5. The first-order valence-corrected chi connectivity index (χ1v) is 7.74. The molecule has 3 rings (SSSR count). The Kier molecular flexibility index (Phi) is 3.27. The number of anilines is 2. The maximum absolute atomic E-state index is 3.65. The highest BCUT2D eigenvalue weighted by Crippen LogP contribution is 2.42. The summed E-state index contributed by atoms with van der Waals surface area (Å²) in [6.45, 7) is 4.60. The van der Waals surface area contributed by atoms with E-state index in [1.807, 2.05) is 0 Å². The fourth-order valence-electron chi connectivity index (χ4n) is 3.17. The Morgan fingerprint density at radius 1 is 1.11 bits per heavy atom. The van der Waals surface area contributed by atoms with Crippen molar-refractivity contribution in [1.82, 2.24) is 0 Å². The van der Waals surface area contributed by atoms with Gasteiger partial charge in [-0.15, -0.1) is 0 Å². The lowest BCUT2D eigenvalue weighted by atomic mass is 9.71. The van der Waals surface area contributed by atoms with Crippen LogP contribution in [0.15, 0.2) is 22.7 Å². The molecular formula is C15H21BrN2. The molecule has 1 aromatic rings. The molecule has 0 amide bonds. The second-order valence-corrected chi connectivity index (χ2v) is 7.00. The smallest absolute Gasteiger partial charge is 0.0587 e. The van der Waals surface area contributed by atoms with E-state index in [1.165, 1.54) is 37.1 Å². The maximum Gasteiger partial charge on any atom is 0.0587 e. The minimum atomic E-state index is 0.456. The van der Waals surface area contributed by atoms with Crippen LogP contribution < -0.4 is 10.6 Å². The van der Waals surface area contributed by atoms with Crippen LogP contribution in [0.3, 0.4) is 0 Å². The van der Waals surface area contributed by atoms with Crippen LogP contribution >= 0.6 is 15.9 Å². The molecule has 2 aliphatic rings. The summed E-state index contributed by atoms with van der Waals surface area (Å²) < 4.78 is 1.14. The molecule has 1 fully saturated rings. The number of halogens is 1. The van der Waals surface area contributed by atoms with Crippen LogP contribution in [-0.4, -0.2) is 13.1 Å². The van der Waals surface area contributed by atoms with Crippen molar-refractivity contribution >= 4 is 27.3 Å². The summed E-state index contributed by atoms with van der Waals surface area (Å²) in [5.41, 5.74) is 2.94. The minimum absolute atomic E-state index is 0.456. The monoisotopic (exact) mass is 308 g/mol. The molecule has 18 heavy (non-hydrogen) atoms. The van der Waals surface area contributed by atoms with Crippen LogP contribution in [0, 0.1) is 11.3 Å². The van der Waals surface area contributed by atoms with Crippen molar-refractivity contribution in [1.29, 1.82) is 0 Å². The molecular weight excluding hydrogens is 288 g/mol. The van der Waals surface area contributed by atoms with Gasteiger partial charge in [0.1, 0.15) is 0 Å². The summed E-state index contributed by atoms with van der Waals surface area (Å²) in [4.78, 5) is 0. The van der Waals surface area contributed by atoms with Gasteiger partial charge in [-0.25, -0.2) is 0 Å². The minimum Gasteiger partial charge on any atom is -0.383 e. The highest BCUT2D eigenvalue weighted by Gasteiger charge is 2.35. The summed E-state index contributed by atoms with van der Waals surface area (Å²) in [6, 6.07) is 6.44. The van der Waals surface area contributed by atoms with Crippen LogP contribution in [0.4, 0.5) is 11.4 Å². The molecule has 1 aliphatic heterocycles. The van der Waals surface area contributed by atoms with Crippen LogP contribution in [0.2, 0.25) is 0 Å². The summed E-state index contributed by atoms with van der Waals surface area (Å²) in [7, 11) is 0. The first-order valence-electron chi connectivity index (χ1n) is 6.94. The average Bonchev–Trinajstić information content (AvgIpc) is 2.54. The van der Waals surface area contributed by atoms with E-state index in [0.29, 0.717) is 5.41 Å². The van der Waals surface area contributed by atoms with E-state index in [9.17, 15) is 0 Å². The second kappa shape index (κ2) is 4.76. The Hall–Kier alpha value is -0.700. The summed E-state index contributed by atoms with van der Waals surface area (Å²) >= 11 is 3.54. The summed E-state index contributed by atoms with van der Waals surface area (Å²) in [5, 5.41) is 7.29. The predicted octanol–water partition coefficient (Wildman–Crippen LogP) is 4.48. The number of nitrogens with one attached hydrogen (secondary N) is 2. The molecule has 1 aliphatic carbocycles. The van der Waals surface area contributed by atoms with Crippen molar-refractivity contribution in [3.63, 3.8) is 0 Å². The topological polar surface area (TPSA) is 24.1 Å². The average molecular weight is 309 g/mol. The van der Waals surface area contributed by atoms with Crippen molar-refractivity contribution in [3.8, 4) is 0 Å². The zero-order valence-electron chi connectivity index (χ0n) is 10.9. The van der Waals surface area contributed by atoms with E-state index in [2.05, 4.69) is 51.7 Å². The third kappa shape index (κ3) is 2.37. The van der Waals surface area contributed by atoms with Gasteiger partial charge in [0, 0.05) is 23.0 Å². The molecule has 0 saturated heterocycles. The SMILES string of the molecule is CC1CCC2(CC1)CNc1ccc(Br)cc1NC2. The van der Waals surface area contributed by atoms with E-state index in [0.717, 1.165) is 23.5 Å². The van der Waals surface area contributed by atoms with Crippen molar-refractivity contribution < 1.29 is 0 Å². The zero-order chi connectivity index (χ0) is 12.6. The lowest BCUT2D eigenvalue weighted by Gasteiger charge is -2.38. The number of hydrogen-bond donors (Lipinski definition) is 2. The third-order valence-electron chi connectivity index (χ3n) is 4.62.